The van der Waals surface area contributed by atoms with Gasteiger partial charge in [0.15, 0.2) is 0 Å². The highest BCUT2D eigenvalue weighted by molar-refractivity contribution is 7.18. The first-order chi connectivity index (χ1) is 9.88. The Balaban J connectivity index is 2.22. The molecule has 1 amide bonds. The van der Waals surface area contributed by atoms with E-state index in [4.69, 9.17) is 0 Å². The Hall–Kier alpha value is -2.22. The van der Waals surface area contributed by atoms with Crippen molar-refractivity contribution in [2.24, 2.45) is 0 Å². The van der Waals surface area contributed by atoms with Gasteiger partial charge in [0.1, 0.15) is 5.69 Å². The minimum absolute atomic E-state index is 0.00320. The summed E-state index contributed by atoms with van der Waals surface area (Å²) >= 11 is 1.42. The second-order valence-corrected chi connectivity index (χ2v) is 6.03. The molecule has 0 fully saturated rings. The summed E-state index contributed by atoms with van der Waals surface area (Å²) in [6.07, 6.45) is 0.276. The van der Waals surface area contributed by atoms with Crippen LogP contribution >= 0.6 is 11.3 Å². The van der Waals surface area contributed by atoms with Crippen molar-refractivity contribution in [1.82, 2.24) is 9.88 Å². The summed E-state index contributed by atoms with van der Waals surface area (Å²) in [6, 6.07) is 3.19. The fourth-order valence-corrected chi connectivity index (χ4v) is 2.74. The molecule has 0 bridgehead atoms. The number of hydrogen-bond donors (Lipinski definition) is 1. The molecule has 21 heavy (non-hydrogen) atoms. The lowest BCUT2D eigenvalue weighted by atomic mass is 10.2. The lowest BCUT2D eigenvalue weighted by Crippen LogP contribution is -2.24. The zero-order chi connectivity index (χ0) is 15.6. The SMILES string of the molecule is Cc1nc2cc(NCCC(=O)N(C)C)c([N+](=O)[O-])cc2s1. The molecule has 0 saturated carbocycles. The number of thiazole rings is 1. The molecule has 0 atom stereocenters. The van der Waals surface area contributed by atoms with E-state index in [9.17, 15) is 14.9 Å². The first kappa shape index (κ1) is 15.2. The number of nitrogens with zero attached hydrogens (tertiary/aromatic N) is 3. The third-order valence-corrected chi connectivity index (χ3v) is 3.90. The molecular weight excluding hydrogens is 292 g/mol. The van der Waals surface area contributed by atoms with Crippen molar-refractivity contribution in [3.8, 4) is 0 Å². The molecule has 2 rings (SSSR count). The summed E-state index contributed by atoms with van der Waals surface area (Å²) in [6.45, 7) is 2.20. The highest BCUT2D eigenvalue weighted by atomic mass is 32.1. The number of hydrogen-bond acceptors (Lipinski definition) is 6. The highest BCUT2D eigenvalue weighted by Crippen LogP contribution is 2.32. The van der Waals surface area contributed by atoms with E-state index in [1.165, 1.54) is 22.3 Å². The van der Waals surface area contributed by atoms with Crippen LogP contribution in [0.5, 0.6) is 0 Å². The number of nitrogens with one attached hydrogen (secondary N) is 1. The Kier molecular flexibility index (Phi) is 4.37. The van der Waals surface area contributed by atoms with Gasteiger partial charge < -0.3 is 10.2 Å². The van der Waals surface area contributed by atoms with Gasteiger partial charge in [0.2, 0.25) is 5.91 Å². The molecular formula is C13H16N4O3S. The van der Waals surface area contributed by atoms with E-state index in [2.05, 4.69) is 10.3 Å². The van der Waals surface area contributed by atoms with Gasteiger partial charge in [0, 0.05) is 33.1 Å². The first-order valence-electron chi connectivity index (χ1n) is 6.38. The number of aryl methyl sites for hydroxylation is 1. The normalized spacial score (nSPS) is 10.6. The molecule has 0 aliphatic heterocycles. The summed E-state index contributed by atoms with van der Waals surface area (Å²) < 4.78 is 0.786. The molecule has 7 nitrogen and oxygen atoms in total. The van der Waals surface area contributed by atoms with Crippen LogP contribution in [0, 0.1) is 17.0 Å². The van der Waals surface area contributed by atoms with Crippen molar-refractivity contribution in [2.45, 2.75) is 13.3 Å². The first-order valence-corrected chi connectivity index (χ1v) is 7.19. The number of nitro groups is 1. The molecule has 112 valence electrons. The molecule has 0 saturated heterocycles. The zero-order valence-electron chi connectivity index (χ0n) is 12.0. The van der Waals surface area contributed by atoms with Gasteiger partial charge >= 0.3 is 0 Å². The van der Waals surface area contributed by atoms with Crippen LogP contribution in [0.3, 0.4) is 0 Å². The van der Waals surface area contributed by atoms with Gasteiger partial charge in [-0.25, -0.2) is 4.98 Å². The summed E-state index contributed by atoms with van der Waals surface area (Å²) in [4.78, 5) is 28.1. The lowest BCUT2D eigenvalue weighted by molar-refractivity contribution is -0.383. The standard InChI is InChI=1S/C13H16N4O3S/c1-8-15-10-6-9(14-5-4-13(18)16(2)3)11(17(19)20)7-12(10)21-8/h6-7,14H,4-5H2,1-3H3. The van der Waals surface area contributed by atoms with E-state index >= 15 is 0 Å². The molecule has 1 heterocycles. The van der Waals surface area contributed by atoms with Crippen LogP contribution in [0.15, 0.2) is 12.1 Å². The monoisotopic (exact) mass is 308 g/mol. The highest BCUT2D eigenvalue weighted by Gasteiger charge is 2.17. The maximum absolute atomic E-state index is 11.5. The van der Waals surface area contributed by atoms with Gasteiger partial charge in [-0.05, 0) is 13.0 Å². The number of aromatic nitrogens is 1. The van der Waals surface area contributed by atoms with E-state index in [0.717, 1.165) is 15.2 Å². The van der Waals surface area contributed by atoms with Crippen molar-refractivity contribution < 1.29 is 9.72 Å². The van der Waals surface area contributed by atoms with E-state index < -0.39 is 4.92 Å². The molecule has 1 aromatic heterocycles. The zero-order valence-corrected chi connectivity index (χ0v) is 12.9. The van der Waals surface area contributed by atoms with Crippen molar-refractivity contribution in [3.05, 3.63) is 27.3 Å². The number of benzene rings is 1. The summed E-state index contributed by atoms with van der Waals surface area (Å²) in [5.74, 6) is -0.0317. The Morgan fingerprint density at radius 2 is 2.19 bits per heavy atom. The summed E-state index contributed by atoms with van der Waals surface area (Å²) in [7, 11) is 3.35. The quantitative estimate of drug-likeness (QED) is 0.677. The van der Waals surface area contributed by atoms with Crippen LogP contribution in [0.25, 0.3) is 10.2 Å². The van der Waals surface area contributed by atoms with Crippen molar-refractivity contribution >= 4 is 38.8 Å². The number of amides is 1. The van der Waals surface area contributed by atoms with Crippen molar-refractivity contribution in [1.29, 1.82) is 0 Å². The Morgan fingerprint density at radius 1 is 1.48 bits per heavy atom. The van der Waals surface area contributed by atoms with Crippen LogP contribution in [0.2, 0.25) is 0 Å². The molecule has 0 aliphatic carbocycles. The Labute approximate surface area is 125 Å². The lowest BCUT2D eigenvalue weighted by Gasteiger charge is -2.11. The maximum atomic E-state index is 11.5. The van der Waals surface area contributed by atoms with Crippen LogP contribution < -0.4 is 5.32 Å². The van der Waals surface area contributed by atoms with Gasteiger partial charge in [-0.3, -0.25) is 14.9 Å². The molecule has 0 unspecified atom stereocenters. The second-order valence-electron chi connectivity index (χ2n) is 4.79. The average molecular weight is 308 g/mol. The van der Waals surface area contributed by atoms with Gasteiger partial charge in [-0.15, -0.1) is 11.3 Å². The molecule has 1 N–H and O–H groups in total. The van der Waals surface area contributed by atoms with Gasteiger partial charge in [-0.2, -0.15) is 0 Å². The smallest absolute Gasteiger partial charge is 0.293 e. The predicted molar refractivity (Wildman–Crippen MR) is 82.8 cm³/mol. The number of anilines is 1. The number of carbonyl (C=O) groups is 1. The molecule has 0 radical (unpaired) electrons. The molecule has 1 aromatic carbocycles. The Morgan fingerprint density at radius 3 is 2.81 bits per heavy atom. The van der Waals surface area contributed by atoms with E-state index in [1.54, 1.807) is 20.2 Å². The van der Waals surface area contributed by atoms with Crippen molar-refractivity contribution in [3.63, 3.8) is 0 Å². The van der Waals surface area contributed by atoms with Crippen molar-refractivity contribution in [2.75, 3.05) is 26.0 Å². The molecule has 0 aliphatic rings. The van der Waals surface area contributed by atoms with Gasteiger partial charge in [-0.1, -0.05) is 0 Å². The molecule has 0 spiro atoms. The third kappa shape index (κ3) is 3.46. The minimum Gasteiger partial charge on any atom is -0.379 e. The fraction of sp³-hybridized carbons (Fsp3) is 0.385. The number of carbonyl (C=O) groups excluding carboxylic acids is 1. The minimum atomic E-state index is -0.426. The molecule has 2 aromatic rings. The Bertz CT molecular complexity index is 696. The fourth-order valence-electron chi connectivity index (χ4n) is 1.90. The van der Waals surface area contributed by atoms with E-state index in [0.29, 0.717) is 12.2 Å². The topological polar surface area (TPSA) is 88.4 Å². The van der Waals surface area contributed by atoms with Crippen LogP contribution in [-0.4, -0.2) is 41.4 Å². The number of nitro benzene ring substituents is 1. The molecule has 8 heteroatoms. The van der Waals surface area contributed by atoms with Crippen LogP contribution in [0.1, 0.15) is 11.4 Å². The van der Waals surface area contributed by atoms with Gasteiger partial charge in [0.25, 0.3) is 5.69 Å². The van der Waals surface area contributed by atoms with E-state index in [-0.39, 0.29) is 18.0 Å². The van der Waals surface area contributed by atoms with E-state index in [1.807, 2.05) is 6.92 Å². The number of rotatable bonds is 5. The van der Waals surface area contributed by atoms with Gasteiger partial charge in [0.05, 0.1) is 20.1 Å². The van der Waals surface area contributed by atoms with Crippen LogP contribution in [-0.2, 0) is 4.79 Å². The summed E-state index contributed by atoms with van der Waals surface area (Å²) in [5, 5.41) is 15.0. The maximum Gasteiger partial charge on any atom is 0.293 e. The predicted octanol–water partition coefficient (Wildman–Crippen LogP) is 2.40. The summed E-state index contributed by atoms with van der Waals surface area (Å²) in [5.41, 5.74) is 1.12. The number of fused-ring (bicyclic) bond motifs is 1. The van der Waals surface area contributed by atoms with Crippen LogP contribution in [0.4, 0.5) is 11.4 Å². The second kappa shape index (κ2) is 6.04. The average Bonchev–Trinajstić information content (AvgIpc) is 2.76. The third-order valence-electron chi connectivity index (χ3n) is 2.96. The largest absolute Gasteiger partial charge is 0.379 e.